The maximum atomic E-state index is 14.1. The normalized spacial score (nSPS) is 12.9. The summed E-state index contributed by atoms with van der Waals surface area (Å²) in [4.78, 5) is 25.9. The number of fused-ring (bicyclic) bond motifs is 3. The van der Waals surface area contributed by atoms with Crippen LogP contribution in [0.3, 0.4) is 0 Å². The lowest BCUT2D eigenvalue weighted by atomic mass is 9.49. The number of nitrogens with zero attached hydrogens (tertiary/aromatic N) is 3. The van der Waals surface area contributed by atoms with Crippen molar-refractivity contribution < 1.29 is 18.0 Å². The van der Waals surface area contributed by atoms with E-state index in [9.17, 15) is 22.8 Å². The Balaban J connectivity index is 1.86. The van der Waals surface area contributed by atoms with Crippen molar-refractivity contribution in [1.82, 2.24) is 14.3 Å². The molecule has 0 fully saturated rings. The van der Waals surface area contributed by atoms with Crippen LogP contribution in [0.4, 0.5) is 18.9 Å². The monoisotopic (exact) mass is 430 g/mol. The molecule has 0 bridgehead atoms. The molecule has 1 atom stereocenters. The minimum absolute atomic E-state index is 0.0210. The van der Waals surface area contributed by atoms with Crippen molar-refractivity contribution >= 4 is 56.9 Å². The average molecular weight is 430 g/mol. The highest BCUT2D eigenvalue weighted by atomic mass is 19.1. The van der Waals surface area contributed by atoms with Gasteiger partial charge in [0, 0.05) is 24.3 Å². The van der Waals surface area contributed by atoms with Crippen LogP contribution in [-0.4, -0.2) is 43.8 Å². The Kier molecular flexibility index (Phi) is 5.19. The van der Waals surface area contributed by atoms with E-state index in [1.165, 1.54) is 23.0 Å². The van der Waals surface area contributed by atoms with Gasteiger partial charge in [-0.15, -0.1) is 0 Å². The Morgan fingerprint density at radius 3 is 2.44 bits per heavy atom. The van der Waals surface area contributed by atoms with Crippen LogP contribution in [-0.2, 0) is 17.2 Å². The molecule has 1 N–H and O–H groups in total. The van der Waals surface area contributed by atoms with Crippen LogP contribution in [0.25, 0.3) is 21.8 Å². The SMILES string of the molecule is [B]C(C(=O)Nc1ccc(F)cc1F)C([B])([B])n1c(=O)c2cnn(C)c2c2ccc(F)cc21. The number of hydrogen-bond acceptors (Lipinski definition) is 3. The molecule has 32 heavy (non-hydrogen) atoms. The summed E-state index contributed by atoms with van der Waals surface area (Å²) in [7, 11) is 19.9. The molecule has 6 radical (unpaired) electrons. The van der Waals surface area contributed by atoms with Crippen molar-refractivity contribution in [3.05, 3.63) is 70.4 Å². The fourth-order valence-electron chi connectivity index (χ4n) is 3.57. The lowest BCUT2D eigenvalue weighted by molar-refractivity contribution is -0.116. The minimum atomic E-state index is -2.37. The number of aryl methyl sites for hydroxylation is 1. The average Bonchev–Trinajstić information content (AvgIpc) is 3.11. The molecular formula is C20H12B3F3N4O2. The number of anilines is 1. The van der Waals surface area contributed by atoms with Gasteiger partial charge >= 0.3 is 0 Å². The van der Waals surface area contributed by atoms with Gasteiger partial charge < -0.3 is 9.88 Å². The van der Waals surface area contributed by atoms with Crippen molar-refractivity contribution in [2.24, 2.45) is 7.05 Å². The molecule has 1 unspecified atom stereocenters. The van der Waals surface area contributed by atoms with E-state index in [2.05, 4.69) is 10.4 Å². The Morgan fingerprint density at radius 2 is 1.75 bits per heavy atom. The Labute approximate surface area is 183 Å². The molecular weight excluding hydrogens is 418 g/mol. The molecule has 0 aliphatic rings. The molecule has 0 aliphatic carbocycles. The maximum absolute atomic E-state index is 14.1. The number of rotatable bonds is 4. The minimum Gasteiger partial charge on any atom is -0.324 e. The van der Waals surface area contributed by atoms with E-state index in [1.54, 1.807) is 7.05 Å². The molecule has 1 amide bonds. The molecule has 0 spiro atoms. The van der Waals surface area contributed by atoms with Gasteiger partial charge in [-0.05, 0) is 35.7 Å². The first-order valence-corrected chi connectivity index (χ1v) is 9.28. The molecule has 2 aromatic carbocycles. The number of pyridine rings is 1. The van der Waals surface area contributed by atoms with Gasteiger partial charge in [-0.3, -0.25) is 14.3 Å². The molecule has 0 saturated carbocycles. The first kappa shape index (κ1) is 21.8. The Morgan fingerprint density at radius 1 is 1.09 bits per heavy atom. The molecule has 12 heteroatoms. The number of amides is 1. The number of halogens is 3. The van der Waals surface area contributed by atoms with E-state index in [0.29, 0.717) is 17.0 Å². The van der Waals surface area contributed by atoms with Crippen molar-refractivity contribution in [2.75, 3.05) is 5.32 Å². The molecule has 154 valence electrons. The van der Waals surface area contributed by atoms with Crippen LogP contribution in [0.15, 0.2) is 47.4 Å². The van der Waals surface area contributed by atoms with Gasteiger partial charge in [0.1, 0.15) is 17.5 Å². The smallest absolute Gasteiger partial charge is 0.261 e. The van der Waals surface area contributed by atoms with Crippen LogP contribution in [0, 0.1) is 17.5 Å². The van der Waals surface area contributed by atoms with E-state index in [-0.39, 0.29) is 16.6 Å². The maximum Gasteiger partial charge on any atom is 0.261 e. The summed E-state index contributed by atoms with van der Waals surface area (Å²) < 4.78 is 43.4. The Hall–Kier alpha value is -3.43. The van der Waals surface area contributed by atoms with Gasteiger partial charge in [0.2, 0.25) is 5.91 Å². The first-order valence-electron chi connectivity index (χ1n) is 9.28. The molecule has 0 saturated heterocycles. The molecule has 4 aromatic rings. The molecule has 0 aliphatic heterocycles. The summed E-state index contributed by atoms with van der Waals surface area (Å²) in [5, 5.41) is 4.35. The van der Waals surface area contributed by atoms with Crippen molar-refractivity contribution in [2.45, 2.75) is 11.2 Å². The van der Waals surface area contributed by atoms with Crippen molar-refractivity contribution in [1.29, 1.82) is 0 Å². The number of hydrogen-bond donors (Lipinski definition) is 1. The van der Waals surface area contributed by atoms with Crippen LogP contribution >= 0.6 is 0 Å². The summed E-state index contributed by atoms with van der Waals surface area (Å²) >= 11 is 0. The van der Waals surface area contributed by atoms with Crippen molar-refractivity contribution in [3.63, 3.8) is 0 Å². The molecule has 4 rings (SSSR count). The highest BCUT2D eigenvalue weighted by Gasteiger charge is 2.35. The second-order valence-corrected chi connectivity index (χ2v) is 7.31. The zero-order chi connectivity index (χ0) is 23.4. The summed E-state index contributed by atoms with van der Waals surface area (Å²) in [5.74, 6) is -5.43. The summed E-state index contributed by atoms with van der Waals surface area (Å²) in [6, 6.07) is 6.11. The van der Waals surface area contributed by atoms with Gasteiger partial charge in [-0.25, -0.2) is 13.2 Å². The largest absolute Gasteiger partial charge is 0.324 e. The first-order chi connectivity index (χ1) is 15.0. The third-order valence-electron chi connectivity index (χ3n) is 5.19. The number of carbonyl (C=O) groups is 1. The van der Waals surface area contributed by atoms with E-state index < -0.39 is 40.1 Å². The predicted octanol–water partition coefficient (Wildman–Crippen LogP) is 1.85. The van der Waals surface area contributed by atoms with Gasteiger partial charge in [0.15, 0.2) is 0 Å². The third kappa shape index (κ3) is 3.39. The molecule has 2 aromatic heterocycles. The summed E-state index contributed by atoms with van der Waals surface area (Å²) in [6.07, 6.45) is 1.28. The van der Waals surface area contributed by atoms with E-state index >= 15 is 0 Å². The predicted molar refractivity (Wildman–Crippen MR) is 116 cm³/mol. The fourth-order valence-corrected chi connectivity index (χ4v) is 3.57. The van der Waals surface area contributed by atoms with Gasteiger partial charge in [-0.2, -0.15) is 5.10 Å². The van der Waals surface area contributed by atoms with Gasteiger partial charge in [0.25, 0.3) is 5.56 Å². The number of benzene rings is 2. The van der Waals surface area contributed by atoms with E-state index in [4.69, 9.17) is 23.5 Å². The van der Waals surface area contributed by atoms with Gasteiger partial charge in [-0.1, -0.05) is 0 Å². The summed E-state index contributed by atoms with van der Waals surface area (Å²) in [6.45, 7) is 0. The lowest BCUT2D eigenvalue weighted by Gasteiger charge is -2.36. The van der Waals surface area contributed by atoms with Crippen LogP contribution in [0.5, 0.6) is 0 Å². The second-order valence-electron chi connectivity index (χ2n) is 7.31. The van der Waals surface area contributed by atoms with E-state index in [1.807, 2.05) is 0 Å². The zero-order valence-electron chi connectivity index (χ0n) is 16.6. The zero-order valence-corrected chi connectivity index (χ0v) is 16.6. The van der Waals surface area contributed by atoms with Gasteiger partial charge in [0.05, 0.1) is 51.8 Å². The summed E-state index contributed by atoms with van der Waals surface area (Å²) in [5.41, 5.74) is -0.739. The standard InChI is InChI=1S/C20H12B3F3N4O2/c1-29-16-11-4-2-10(25)7-15(11)30(19(32)12(16)8-27-29)20(22,23)17(21)18(31)28-14-5-3-9(24)6-13(14)26/h2-8,17H,1H3,(H,28,31). The lowest BCUT2D eigenvalue weighted by Crippen LogP contribution is -2.49. The van der Waals surface area contributed by atoms with Crippen LogP contribution < -0.4 is 10.9 Å². The quantitative estimate of drug-likeness (QED) is 0.503. The second kappa shape index (κ2) is 7.61. The van der Waals surface area contributed by atoms with Crippen LogP contribution in [0.2, 0.25) is 5.82 Å². The van der Waals surface area contributed by atoms with Crippen LogP contribution in [0.1, 0.15) is 0 Å². The topological polar surface area (TPSA) is 68.9 Å². The molecule has 2 heterocycles. The molecule has 6 nitrogen and oxygen atoms in total. The highest BCUT2D eigenvalue weighted by molar-refractivity contribution is 6.46. The fraction of sp³-hybridized carbons (Fsp3) is 0.150. The third-order valence-corrected chi connectivity index (χ3v) is 5.19. The number of nitrogens with one attached hydrogen (secondary N) is 1. The number of carbonyl (C=O) groups excluding carboxylic acids is 1. The number of aromatic nitrogens is 3. The van der Waals surface area contributed by atoms with Crippen molar-refractivity contribution in [3.8, 4) is 0 Å². The highest BCUT2D eigenvalue weighted by Crippen LogP contribution is 2.30. The Bertz CT molecular complexity index is 1450. The van der Waals surface area contributed by atoms with E-state index in [0.717, 1.165) is 22.8 Å².